The van der Waals surface area contributed by atoms with Crippen molar-refractivity contribution >= 4 is 5.69 Å². The van der Waals surface area contributed by atoms with Crippen molar-refractivity contribution in [2.45, 2.75) is 20.4 Å². The second-order valence-corrected chi connectivity index (χ2v) is 4.18. The zero-order valence-corrected chi connectivity index (χ0v) is 12.1. The lowest BCUT2D eigenvalue weighted by Crippen LogP contribution is -2.07. The molecule has 20 heavy (non-hydrogen) atoms. The standard InChI is InChI=1S/C14H20N4O2/c1-4-19-12-7-6-11(8-13(12)20-5-2)15-9-14-16-10-17-18(14)3/h6-8,10,15H,4-5,9H2,1-3H3. The number of hydrogen-bond donors (Lipinski definition) is 1. The van der Waals surface area contributed by atoms with Gasteiger partial charge in [0.15, 0.2) is 11.5 Å². The average Bonchev–Trinajstić information content (AvgIpc) is 2.85. The number of benzene rings is 1. The van der Waals surface area contributed by atoms with Crippen molar-refractivity contribution < 1.29 is 9.47 Å². The van der Waals surface area contributed by atoms with Crippen LogP contribution in [0.4, 0.5) is 5.69 Å². The van der Waals surface area contributed by atoms with Gasteiger partial charge in [0.2, 0.25) is 0 Å². The van der Waals surface area contributed by atoms with Crippen LogP contribution in [0.2, 0.25) is 0 Å². The van der Waals surface area contributed by atoms with E-state index in [0.29, 0.717) is 19.8 Å². The first kappa shape index (κ1) is 14.2. The lowest BCUT2D eigenvalue weighted by atomic mass is 10.2. The van der Waals surface area contributed by atoms with Gasteiger partial charge in [0.1, 0.15) is 12.2 Å². The number of nitrogens with zero attached hydrogens (tertiary/aromatic N) is 3. The minimum atomic E-state index is 0.604. The van der Waals surface area contributed by atoms with E-state index in [1.54, 1.807) is 11.0 Å². The maximum atomic E-state index is 5.59. The molecule has 1 aromatic heterocycles. The van der Waals surface area contributed by atoms with Crippen LogP contribution in [0.25, 0.3) is 0 Å². The third-order valence-electron chi connectivity index (χ3n) is 2.80. The highest BCUT2D eigenvalue weighted by Crippen LogP contribution is 2.30. The van der Waals surface area contributed by atoms with Crippen molar-refractivity contribution in [1.82, 2.24) is 14.8 Å². The Labute approximate surface area is 118 Å². The van der Waals surface area contributed by atoms with Crippen LogP contribution in [0.3, 0.4) is 0 Å². The van der Waals surface area contributed by atoms with Gasteiger partial charge in [0.05, 0.1) is 19.8 Å². The Morgan fingerprint density at radius 2 is 1.90 bits per heavy atom. The molecular weight excluding hydrogens is 256 g/mol. The van der Waals surface area contributed by atoms with Crippen molar-refractivity contribution in [2.75, 3.05) is 18.5 Å². The molecule has 0 radical (unpaired) electrons. The van der Waals surface area contributed by atoms with E-state index in [1.165, 1.54) is 0 Å². The van der Waals surface area contributed by atoms with E-state index in [9.17, 15) is 0 Å². The van der Waals surface area contributed by atoms with Gasteiger partial charge in [-0.05, 0) is 26.0 Å². The first-order chi connectivity index (χ1) is 9.74. The minimum Gasteiger partial charge on any atom is -0.490 e. The lowest BCUT2D eigenvalue weighted by molar-refractivity contribution is 0.288. The molecule has 0 saturated carbocycles. The molecular formula is C14H20N4O2. The summed E-state index contributed by atoms with van der Waals surface area (Å²) in [5.41, 5.74) is 0.958. The van der Waals surface area contributed by atoms with Crippen LogP contribution in [0.5, 0.6) is 11.5 Å². The number of nitrogens with one attached hydrogen (secondary N) is 1. The van der Waals surface area contributed by atoms with Crippen LogP contribution in [-0.4, -0.2) is 28.0 Å². The summed E-state index contributed by atoms with van der Waals surface area (Å²) in [4.78, 5) is 4.17. The number of hydrogen-bond acceptors (Lipinski definition) is 5. The fraction of sp³-hybridized carbons (Fsp3) is 0.429. The van der Waals surface area contributed by atoms with Gasteiger partial charge >= 0.3 is 0 Å². The molecule has 0 saturated heterocycles. The topological polar surface area (TPSA) is 61.2 Å². The molecule has 1 N–H and O–H groups in total. The van der Waals surface area contributed by atoms with E-state index >= 15 is 0 Å². The van der Waals surface area contributed by atoms with E-state index in [0.717, 1.165) is 23.0 Å². The monoisotopic (exact) mass is 276 g/mol. The number of rotatable bonds is 7. The lowest BCUT2D eigenvalue weighted by Gasteiger charge is -2.13. The third-order valence-corrected chi connectivity index (χ3v) is 2.80. The predicted octanol–water partition coefficient (Wildman–Crippen LogP) is 2.22. The first-order valence-corrected chi connectivity index (χ1v) is 6.71. The van der Waals surface area contributed by atoms with Gasteiger partial charge in [-0.25, -0.2) is 4.98 Å². The Bertz CT molecular complexity index is 554. The summed E-state index contributed by atoms with van der Waals surface area (Å²) in [6, 6.07) is 5.81. The molecule has 0 spiro atoms. The number of aryl methyl sites for hydroxylation is 1. The summed E-state index contributed by atoms with van der Waals surface area (Å²) in [6.07, 6.45) is 1.54. The summed E-state index contributed by atoms with van der Waals surface area (Å²) in [5.74, 6) is 2.38. The quantitative estimate of drug-likeness (QED) is 0.840. The van der Waals surface area contributed by atoms with Crippen LogP contribution in [-0.2, 0) is 13.6 Å². The largest absolute Gasteiger partial charge is 0.490 e. The molecule has 0 aliphatic rings. The zero-order chi connectivity index (χ0) is 14.4. The highest BCUT2D eigenvalue weighted by molar-refractivity contribution is 5.54. The van der Waals surface area contributed by atoms with Crippen LogP contribution in [0.1, 0.15) is 19.7 Å². The molecule has 1 aromatic carbocycles. The molecule has 2 aromatic rings. The number of anilines is 1. The van der Waals surface area contributed by atoms with E-state index in [2.05, 4.69) is 15.4 Å². The Hall–Kier alpha value is -2.24. The number of ether oxygens (including phenoxy) is 2. The van der Waals surface area contributed by atoms with Crippen LogP contribution >= 0.6 is 0 Å². The zero-order valence-electron chi connectivity index (χ0n) is 12.1. The summed E-state index contributed by atoms with van der Waals surface area (Å²) in [7, 11) is 1.87. The molecule has 1 heterocycles. The van der Waals surface area contributed by atoms with Gasteiger partial charge in [-0.15, -0.1) is 0 Å². The van der Waals surface area contributed by atoms with E-state index in [-0.39, 0.29) is 0 Å². The first-order valence-electron chi connectivity index (χ1n) is 6.71. The Balaban J connectivity index is 2.08. The van der Waals surface area contributed by atoms with Crippen molar-refractivity contribution in [3.63, 3.8) is 0 Å². The van der Waals surface area contributed by atoms with Crippen LogP contribution in [0.15, 0.2) is 24.5 Å². The fourth-order valence-corrected chi connectivity index (χ4v) is 1.82. The van der Waals surface area contributed by atoms with Crippen LogP contribution < -0.4 is 14.8 Å². The Kier molecular flexibility index (Phi) is 4.81. The summed E-state index contributed by atoms with van der Waals surface area (Å²) < 4.78 is 12.9. The molecule has 0 fully saturated rings. The second-order valence-electron chi connectivity index (χ2n) is 4.18. The highest BCUT2D eigenvalue weighted by Gasteiger charge is 2.07. The third kappa shape index (κ3) is 3.40. The predicted molar refractivity (Wildman–Crippen MR) is 77.1 cm³/mol. The molecule has 0 bridgehead atoms. The second kappa shape index (κ2) is 6.79. The van der Waals surface area contributed by atoms with Gasteiger partial charge in [-0.1, -0.05) is 0 Å². The molecule has 6 heteroatoms. The Morgan fingerprint density at radius 1 is 1.15 bits per heavy atom. The van der Waals surface area contributed by atoms with E-state index in [1.807, 2.05) is 39.1 Å². The van der Waals surface area contributed by atoms with E-state index in [4.69, 9.17) is 9.47 Å². The van der Waals surface area contributed by atoms with Crippen molar-refractivity contribution in [2.24, 2.45) is 7.05 Å². The summed E-state index contributed by atoms with van der Waals surface area (Å²) in [5, 5.41) is 7.33. The van der Waals surface area contributed by atoms with Gasteiger partial charge in [0.25, 0.3) is 0 Å². The highest BCUT2D eigenvalue weighted by atomic mass is 16.5. The normalized spacial score (nSPS) is 10.3. The smallest absolute Gasteiger partial charge is 0.163 e. The van der Waals surface area contributed by atoms with Crippen LogP contribution in [0, 0.1) is 0 Å². The molecule has 108 valence electrons. The Morgan fingerprint density at radius 3 is 2.55 bits per heavy atom. The average molecular weight is 276 g/mol. The van der Waals surface area contributed by atoms with Gasteiger partial charge in [-0.2, -0.15) is 5.10 Å². The molecule has 0 aliphatic heterocycles. The van der Waals surface area contributed by atoms with Crippen molar-refractivity contribution in [1.29, 1.82) is 0 Å². The molecule has 0 aliphatic carbocycles. The molecule has 0 atom stereocenters. The minimum absolute atomic E-state index is 0.604. The summed E-state index contributed by atoms with van der Waals surface area (Å²) >= 11 is 0. The number of aromatic nitrogens is 3. The molecule has 0 unspecified atom stereocenters. The van der Waals surface area contributed by atoms with Gasteiger partial charge in [-0.3, -0.25) is 4.68 Å². The molecule has 6 nitrogen and oxygen atoms in total. The van der Waals surface area contributed by atoms with Crippen molar-refractivity contribution in [3.05, 3.63) is 30.4 Å². The molecule has 0 amide bonds. The molecule has 2 rings (SSSR count). The fourth-order valence-electron chi connectivity index (χ4n) is 1.82. The SMILES string of the molecule is CCOc1ccc(NCc2ncnn2C)cc1OCC. The van der Waals surface area contributed by atoms with Gasteiger partial charge in [0, 0.05) is 18.8 Å². The van der Waals surface area contributed by atoms with Crippen molar-refractivity contribution in [3.8, 4) is 11.5 Å². The van der Waals surface area contributed by atoms with Gasteiger partial charge < -0.3 is 14.8 Å². The maximum absolute atomic E-state index is 5.59. The summed E-state index contributed by atoms with van der Waals surface area (Å²) in [6.45, 7) is 5.74. The maximum Gasteiger partial charge on any atom is 0.163 e. The van der Waals surface area contributed by atoms with E-state index < -0.39 is 0 Å².